The predicted molar refractivity (Wildman–Crippen MR) is 76.7 cm³/mol. The van der Waals surface area contributed by atoms with Crippen LogP contribution in [0.5, 0.6) is 0 Å². The summed E-state index contributed by atoms with van der Waals surface area (Å²) in [7, 11) is 3.07. The Balaban J connectivity index is 2.13. The lowest BCUT2D eigenvalue weighted by atomic mass is 10.2. The number of hydroxylamine groups is 2. The van der Waals surface area contributed by atoms with Crippen LogP contribution in [0.25, 0.3) is 0 Å². The van der Waals surface area contributed by atoms with Crippen LogP contribution in [0.1, 0.15) is 5.56 Å². The van der Waals surface area contributed by atoms with Crippen LogP contribution >= 0.6 is 27.7 Å². The highest BCUT2D eigenvalue weighted by atomic mass is 79.9. The Morgan fingerprint density at radius 3 is 2.78 bits per heavy atom. The van der Waals surface area contributed by atoms with Gasteiger partial charge < -0.3 is 0 Å². The standard InChI is InChI=1S/C12H13BrN2O2S/c1-15(17-2)12(16)10-7-18-11(14-10)8-3-5-9(13)6-4-8/h3-6,10H,7H2,1-2H3. The number of hydrogen-bond donors (Lipinski definition) is 0. The summed E-state index contributed by atoms with van der Waals surface area (Å²) >= 11 is 4.99. The molecule has 0 bridgehead atoms. The fourth-order valence-corrected chi connectivity index (χ4v) is 2.85. The molecule has 1 aliphatic heterocycles. The average molecular weight is 329 g/mol. The van der Waals surface area contributed by atoms with E-state index < -0.39 is 0 Å². The van der Waals surface area contributed by atoms with Gasteiger partial charge >= 0.3 is 0 Å². The van der Waals surface area contributed by atoms with E-state index >= 15 is 0 Å². The Morgan fingerprint density at radius 1 is 1.50 bits per heavy atom. The van der Waals surface area contributed by atoms with Gasteiger partial charge in [-0.25, -0.2) is 5.06 Å². The number of nitrogens with zero attached hydrogens (tertiary/aromatic N) is 2. The summed E-state index contributed by atoms with van der Waals surface area (Å²) in [6.07, 6.45) is 0. The molecule has 1 aromatic carbocycles. The number of hydrogen-bond acceptors (Lipinski definition) is 4. The highest BCUT2D eigenvalue weighted by molar-refractivity contribution is 9.10. The van der Waals surface area contributed by atoms with Gasteiger partial charge in [-0.15, -0.1) is 11.8 Å². The Labute approximate surface area is 118 Å². The van der Waals surface area contributed by atoms with E-state index in [0.717, 1.165) is 15.1 Å². The molecule has 1 heterocycles. The Hall–Kier alpha value is -0.850. The molecule has 6 heteroatoms. The second-order valence-corrected chi connectivity index (χ2v) is 5.71. The molecular weight excluding hydrogens is 316 g/mol. The molecule has 96 valence electrons. The molecule has 1 unspecified atom stereocenters. The number of aliphatic imine (C=N–C) groups is 1. The van der Waals surface area contributed by atoms with Gasteiger partial charge in [-0.3, -0.25) is 14.6 Å². The van der Waals surface area contributed by atoms with E-state index in [1.807, 2.05) is 24.3 Å². The van der Waals surface area contributed by atoms with Crippen molar-refractivity contribution in [3.63, 3.8) is 0 Å². The molecule has 0 spiro atoms. The first kappa shape index (κ1) is 13.6. The van der Waals surface area contributed by atoms with Gasteiger partial charge in [0, 0.05) is 22.8 Å². The van der Waals surface area contributed by atoms with E-state index in [1.54, 1.807) is 18.8 Å². The zero-order valence-corrected chi connectivity index (χ0v) is 12.5. The Morgan fingerprint density at radius 2 is 2.17 bits per heavy atom. The number of thioether (sulfide) groups is 1. The number of carbonyl (C=O) groups is 1. The summed E-state index contributed by atoms with van der Waals surface area (Å²) in [5.74, 6) is 0.551. The Kier molecular flexibility index (Phi) is 4.42. The minimum absolute atomic E-state index is 0.114. The van der Waals surface area contributed by atoms with Gasteiger partial charge in [0.15, 0.2) is 0 Å². The minimum atomic E-state index is -0.349. The van der Waals surface area contributed by atoms with Gasteiger partial charge in [0.2, 0.25) is 0 Å². The molecular formula is C12H13BrN2O2S. The van der Waals surface area contributed by atoms with Crippen molar-refractivity contribution in [3.05, 3.63) is 34.3 Å². The number of amides is 1. The number of likely N-dealkylation sites (N-methyl/N-ethyl adjacent to an activating group) is 1. The SMILES string of the molecule is CON(C)C(=O)C1CSC(c2ccc(Br)cc2)=N1. The lowest BCUT2D eigenvalue weighted by Crippen LogP contribution is -2.34. The van der Waals surface area contributed by atoms with Crippen LogP contribution in [-0.2, 0) is 9.63 Å². The zero-order valence-electron chi connectivity index (χ0n) is 10.1. The maximum atomic E-state index is 11.9. The highest BCUT2D eigenvalue weighted by Crippen LogP contribution is 2.25. The topological polar surface area (TPSA) is 41.9 Å². The average Bonchev–Trinajstić information content (AvgIpc) is 2.87. The van der Waals surface area contributed by atoms with Crippen LogP contribution in [0.2, 0.25) is 0 Å². The predicted octanol–water partition coefficient (Wildman–Crippen LogP) is 2.33. The lowest BCUT2D eigenvalue weighted by Gasteiger charge is -2.15. The minimum Gasteiger partial charge on any atom is -0.274 e. The normalized spacial score (nSPS) is 18.6. The molecule has 1 aromatic rings. The van der Waals surface area contributed by atoms with Crippen molar-refractivity contribution < 1.29 is 9.63 Å². The molecule has 0 radical (unpaired) electrons. The molecule has 0 fully saturated rings. The maximum Gasteiger partial charge on any atom is 0.271 e. The summed E-state index contributed by atoms with van der Waals surface area (Å²) in [5, 5.41) is 2.13. The van der Waals surface area contributed by atoms with Crippen LogP contribution in [0, 0.1) is 0 Å². The number of benzene rings is 1. The van der Waals surface area contributed by atoms with Crippen LogP contribution < -0.4 is 0 Å². The monoisotopic (exact) mass is 328 g/mol. The molecule has 0 N–H and O–H groups in total. The molecule has 0 aliphatic carbocycles. The number of rotatable bonds is 3. The molecule has 0 saturated carbocycles. The van der Waals surface area contributed by atoms with Crippen molar-refractivity contribution in [1.82, 2.24) is 5.06 Å². The fraction of sp³-hybridized carbons (Fsp3) is 0.333. The molecule has 1 aliphatic rings. The lowest BCUT2D eigenvalue weighted by molar-refractivity contribution is -0.169. The number of carbonyl (C=O) groups excluding carboxylic acids is 1. The van der Waals surface area contributed by atoms with Gasteiger partial charge in [-0.2, -0.15) is 0 Å². The molecule has 18 heavy (non-hydrogen) atoms. The highest BCUT2D eigenvalue weighted by Gasteiger charge is 2.28. The van der Waals surface area contributed by atoms with Crippen molar-refractivity contribution in [1.29, 1.82) is 0 Å². The molecule has 4 nitrogen and oxygen atoms in total. The second kappa shape index (κ2) is 5.86. The van der Waals surface area contributed by atoms with E-state index in [4.69, 9.17) is 4.84 Å². The largest absolute Gasteiger partial charge is 0.274 e. The van der Waals surface area contributed by atoms with Gasteiger partial charge in [0.05, 0.1) is 12.2 Å². The van der Waals surface area contributed by atoms with Crippen LogP contribution in [-0.4, -0.2) is 42.0 Å². The fourth-order valence-electron chi connectivity index (χ4n) is 1.55. The molecule has 1 atom stereocenters. The third-order valence-corrected chi connectivity index (χ3v) is 4.24. The van der Waals surface area contributed by atoms with Gasteiger partial charge in [-0.05, 0) is 12.1 Å². The van der Waals surface area contributed by atoms with Crippen molar-refractivity contribution in [2.24, 2.45) is 4.99 Å². The van der Waals surface area contributed by atoms with Gasteiger partial charge in [-0.1, -0.05) is 28.1 Å². The third kappa shape index (κ3) is 2.93. The van der Waals surface area contributed by atoms with E-state index in [0.29, 0.717) is 5.75 Å². The van der Waals surface area contributed by atoms with Crippen molar-refractivity contribution in [3.8, 4) is 0 Å². The van der Waals surface area contributed by atoms with Crippen molar-refractivity contribution in [2.45, 2.75) is 6.04 Å². The molecule has 0 saturated heterocycles. The van der Waals surface area contributed by atoms with E-state index in [1.165, 1.54) is 12.2 Å². The van der Waals surface area contributed by atoms with Crippen LogP contribution in [0.4, 0.5) is 0 Å². The molecule has 1 amide bonds. The third-order valence-electron chi connectivity index (χ3n) is 2.61. The summed E-state index contributed by atoms with van der Waals surface area (Å²) in [4.78, 5) is 21.2. The maximum absolute atomic E-state index is 11.9. The van der Waals surface area contributed by atoms with Gasteiger partial charge in [0.1, 0.15) is 6.04 Å². The summed E-state index contributed by atoms with van der Waals surface area (Å²) < 4.78 is 1.03. The Bertz CT molecular complexity index is 475. The first-order valence-corrected chi connectivity index (χ1v) is 7.18. The summed E-state index contributed by atoms with van der Waals surface area (Å²) in [5.41, 5.74) is 1.04. The van der Waals surface area contributed by atoms with Gasteiger partial charge in [0.25, 0.3) is 5.91 Å². The first-order chi connectivity index (χ1) is 8.61. The second-order valence-electron chi connectivity index (χ2n) is 3.79. The summed E-state index contributed by atoms with van der Waals surface area (Å²) in [6.45, 7) is 0. The quantitative estimate of drug-likeness (QED) is 0.800. The van der Waals surface area contributed by atoms with E-state index in [2.05, 4.69) is 20.9 Å². The first-order valence-electron chi connectivity index (χ1n) is 5.40. The van der Waals surface area contributed by atoms with Crippen molar-refractivity contribution in [2.75, 3.05) is 19.9 Å². The molecule has 0 aromatic heterocycles. The zero-order chi connectivity index (χ0) is 13.1. The van der Waals surface area contributed by atoms with Crippen LogP contribution in [0.15, 0.2) is 33.7 Å². The van der Waals surface area contributed by atoms with Crippen LogP contribution in [0.3, 0.4) is 0 Å². The molecule has 2 rings (SSSR count). The smallest absolute Gasteiger partial charge is 0.271 e. The summed E-state index contributed by atoms with van der Waals surface area (Å²) in [6, 6.07) is 7.56. The van der Waals surface area contributed by atoms with E-state index in [-0.39, 0.29) is 11.9 Å². The van der Waals surface area contributed by atoms with Crippen molar-refractivity contribution >= 4 is 38.6 Å². The number of halogens is 1. The van der Waals surface area contributed by atoms with E-state index in [9.17, 15) is 4.79 Å².